The van der Waals surface area contributed by atoms with Crippen molar-refractivity contribution < 1.29 is 17.9 Å². The van der Waals surface area contributed by atoms with E-state index in [-0.39, 0.29) is 17.6 Å². The van der Waals surface area contributed by atoms with Gasteiger partial charge in [0.2, 0.25) is 0 Å². The Balaban J connectivity index is 1.51. The lowest BCUT2D eigenvalue weighted by atomic mass is 10.1. The number of hydrogen-bond donors (Lipinski definition) is 1. The number of nitrogens with zero attached hydrogens (tertiary/aromatic N) is 4. The van der Waals surface area contributed by atoms with E-state index in [9.17, 15) is 13.2 Å². The first kappa shape index (κ1) is 16.6. The molecule has 0 bridgehead atoms. The normalized spacial score (nSPS) is 19.5. The van der Waals surface area contributed by atoms with Crippen molar-refractivity contribution in [2.45, 2.75) is 31.5 Å². The van der Waals surface area contributed by atoms with Gasteiger partial charge in [-0.2, -0.15) is 17.7 Å². The Morgan fingerprint density at radius 2 is 2.08 bits per heavy atom. The minimum atomic E-state index is -4.60. The van der Waals surface area contributed by atoms with Gasteiger partial charge < -0.3 is 10.1 Å². The van der Waals surface area contributed by atoms with Gasteiger partial charge in [0.15, 0.2) is 5.65 Å². The molecule has 0 amide bonds. The smallest absolute Gasteiger partial charge is 0.453 e. The van der Waals surface area contributed by atoms with Crippen molar-refractivity contribution in [2.24, 2.45) is 0 Å². The van der Waals surface area contributed by atoms with Crippen molar-refractivity contribution in [1.82, 2.24) is 19.8 Å². The van der Waals surface area contributed by atoms with Crippen LogP contribution in [0.3, 0.4) is 0 Å². The number of anilines is 1. The van der Waals surface area contributed by atoms with E-state index in [1.807, 2.05) is 31.2 Å². The van der Waals surface area contributed by atoms with Crippen LogP contribution in [0.15, 0.2) is 36.4 Å². The predicted octanol–water partition coefficient (Wildman–Crippen LogP) is 3.51. The molecule has 6 nitrogen and oxygen atoms in total. The zero-order valence-corrected chi connectivity index (χ0v) is 13.9. The van der Waals surface area contributed by atoms with Crippen LogP contribution in [0, 0.1) is 0 Å². The summed E-state index contributed by atoms with van der Waals surface area (Å²) in [5, 5.41) is 13.8. The summed E-state index contributed by atoms with van der Waals surface area (Å²) in [6, 6.07) is 11.0. The summed E-state index contributed by atoms with van der Waals surface area (Å²) in [7, 11) is 0. The summed E-state index contributed by atoms with van der Waals surface area (Å²) < 4.78 is 45.1. The molecule has 0 aliphatic heterocycles. The molecule has 1 fully saturated rings. The minimum absolute atomic E-state index is 0.0552. The molecule has 1 N–H and O–H groups in total. The molecule has 1 aliphatic carbocycles. The van der Waals surface area contributed by atoms with E-state index in [0.29, 0.717) is 12.4 Å². The number of aromatic nitrogens is 4. The molecule has 0 saturated heterocycles. The third kappa shape index (κ3) is 3.16. The Morgan fingerprint density at radius 1 is 1.23 bits per heavy atom. The molecule has 26 heavy (non-hydrogen) atoms. The molecule has 3 aromatic rings. The number of ether oxygens (including phenoxy) is 1. The average molecular weight is 363 g/mol. The van der Waals surface area contributed by atoms with E-state index in [2.05, 4.69) is 20.6 Å². The van der Waals surface area contributed by atoms with Crippen LogP contribution in [0.1, 0.15) is 30.7 Å². The van der Waals surface area contributed by atoms with Crippen molar-refractivity contribution in [3.05, 3.63) is 47.8 Å². The molecule has 136 valence electrons. The molecule has 1 saturated carbocycles. The molecule has 4 rings (SSSR count). The first-order valence-corrected chi connectivity index (χ1v) is 8.24. The summed E-state index contributed by atoms with van der Waals surface area (Å²) in [6.45, 7) is 2.52. The highest BCUT2D eigenvalue weighted by molar-refractivity contribution is 5.47. The van der Waals surface area contributed by atoms with E-state index in [1.165, 1.54) is 6.07 Å². The molecule has 1 aliphatic rings. The number of hydrogen-bond acceptors (Lipinski definition) is 5. The monoisotopic (exact) mass is 363 g/mol. The van der Waals surface area contributed by atoms with Crippen molar-refractivity contribution in [3.63, 3.8) is 0 Å². The molecule has 0 unspecified atom stereocenters. The van der Waals surface area contributed by atoms with Gasteiger partial charge in [-0.3, -0.25) is 0 Å². The molecule has 2 aromatic heterocycles. The molecule has 9 heteroatoms. The van der Waals surface area contributed by atoms with E-state index >= 15 is 0 Å². The Morgan fingerprint density at radius 3 is 2.85 bits per heavy atom. The van der Waals surface area contributed by atoms with Crippen molar-refractivity contribution >= 4 is 11.5 Å². The van der Waals surface area contributed by atoms with Crippen LogP contribution in [0.5, 0.6) is 5.75 Å². The van der Waals surface area contributed by atoms with Gasteiger partial charge >= 0.3 is 6.18 Å². The maximum absolute atomic E-state index is 12.9. The van der Waals surface area contributed by atoms with Crippen molar-refractivity contribution in [1.29, 1.82) is 0 Å². The third-order valence-electron chi connectivity index (χ3n) is 4.24. The van der Waals surface area contributed by atoms with E-state index in [4.69, 9.17) is 4.74 Å². The van der Waals surface area contributed by atoms with E-state index < -0.39 is 12.0 Å². The van der Waals surface area contributed by atoms with Crippen LogP contribution in [0.4, 0.5) is 19.0 Å². The SMILES string of the molecule is CCOc1cccc([C@H]2C[C@@H]2Nc2ccc3nnc(C(F)(F)F)n3n2)c1. The molecule has 0 radical (unpaired) electrons. The van der Waals surface area contributed by atoms with Crippen LogP contribution in [0.2, 0.25) is 0 Å². The topological polar surface area (TPSA) is 64.3 Å². The maximum atomic E-state index is 12.9. The summed E-state index contributed by atoms with van der Waals surface area (Å²) in [6.07, 6.45) is -3.73. The molecule has 0 spiro atoms. The molecule has 2 heterocycles. The summed E-state index contributed by atoms with van der Waals surface area (Å²) in [5.41, 5.74) is 1.19. The second-order valence-electron chi connectivity index (χ2n) is 6.11. The largest absolute Gasteiger partial charge is 0.494 e. The van der Waals surface area contributed by atoms with Gasteiger partial charge in [-0.25, -0.2) is 0 Å². The minimum Gasteiger partial charge on any atom is -0.494 e. The molecule has 1 aromatic carbocycles. The third-order valence-corrected chi connectivity index (χ3v) is 4.24. The van der Waals surface area contributed by atoms with Crippen LogP contribution < -0.4 is 10.1 Å². The summed E-state index contributed by atoms with van der Waals surface area (Å²) in [5.74, 6) is 0.314. The van der Waals surface area contributed by atoms with Crippen LogP contribution >= 0.6 is 0 Å². The maximum Gasteiger partial charge on any atom is 0.453 e. The van der Waals surface area contributed by atoms with Crippen LogP contribution in [-0.2, 0) is 6.18 Å². The van der Waals surface area contributed by atoms with Gasteiger partial charge in [-0.1, -0.05) is 12.1 Å². The lowest BCUT2D eigenvalue weighted by molar-refractivity contribution is -0.146. The highest BCUT2D eigenvalue weighted by atomic mass is 19.4. The van der Waals surface area contributed by atoms with Gasteiger partial charge in [0.25, 0.3) is 5.82 Å². The van der Waals surface area contributed by atoms with Crippen molar-refractivity contribution in [2.75, 3.05) is 11.9 Å². The Kier molecular flexibility index (Phi) is 3.93. The van der Waals surface area contributed by atoms with Crippen LogP contribution in [0.25, 0.3) is 5.65 Å². The molecular weight excluding hydrogens is 347 g/mol. The fraction of sp³-hybridized carbons (Fsp3) is 0.353. The number of rotatable bonds is 5. The van der Waals surface area contributed by atoms with Gasteiger partial charge in [-0.05, 0) is 43.2 Å². The van der Waals surface area contributed by atoms with Crippen LogP contribution in [-0.4, -0.2) is 32.5 Å². The lowest BCUT2D eigenvalue weighted by Gasteiger charge is -2.08. The Bertz CT molecular complexity index is 940. The van der Waals surface area contributed by atoms with Gasteiger partial charge in [0.1, 0.15) is 11.6 Å². The summed E-state index contributed by atoms with van der Waals surface area (Å²) >= 11 is 0. The van der Waals surface area contributed by atoms with Gasteiger partial charge in [0.05, 0.1) is 6.61 Å². The number of alkyl halides is 3. The summed E-state index contributed by atoms with van der Waals surface area (Å²) in [4.78, 5) is 0. The van der Waals surface area contributed by atoms with Gasteiger partial charge in [-0.15, -0.1) is 15.3 Å². The number of fused-ring (bicyclic) bond motifs is 1. The average Bonchev–Trinajstić information content (AvgIpc) is 3.22. The second kappa shape index (κ2) is 6.15. The zero-order valence-electron chi connectivity index (χ0n) is 13.9. The molecule has 2 atom stereocenters. The highest BCUT2D eigenvalue weighted by Gasteiger charge is 2.40. The predicted molar refractivity (Wildman–Crippen MR) is 88.2 cm³/mol. The molecular formula is C17H16F3N5O. The number of nitrogens with one attached hydrogen (secondary N) is 1. The standard InChI is InChI=1S/C17H16F3N5O/c1-2-26-11-5-3-4-10(8-11)12-9-13(12)21-14-6-7-15-22-23-16(17(18,19)20)25(15)24-14/h3-8,12-13H,2,9H2,1H3,(H,21,24)/t12-,13+/m1/s1. The first-order valence-electron chi connectivity index (χ1n) is 8.24. The fourth-order valence-corrected chi connectivity index (χ4v) is 2.96. The number of halogens is 3. The second-order valence-corrected chi connectivity index (χ2v) is 6.11. The quantitative estimate of drug-likeness (QED) is 0.752. The van der Waals surface area contributed by atoms with E-state index in [1.54, 1.807) is 6.07 Å². The highest BCUT2D eigenvalue weighted by Crippen LogP contribution is 2.43. The lowest BCUT2D eigenvalue weighted by Crippen LogP contribution is -2.14. The number of benzene rings is 1. The first-order chi connectivity index (χ1) is 12.5. The van der Waals surface area contributed by atoms with Crippen molar-refractivity contribution in [3.8, 4) is 5.75 Å². The Labute approximate surface area is 147 Å². The Hall–Kier alpha value is -2.84. The fourth-order valence-electron chi connectivity index (χ4n) is 2.96. The van der Waals surface area contributed by atoms with E-state index in [0.717, 1.165) is 22.2 Å². The van der Waals surface area contributed by atoms with Gasteiger partial charge in [0, 0.05) is 12.0 Å². The zero-order chi connectivity index (χ0) is 18.3.